The molecule has 0 aromatic heterocycles. The van der Waals surface area contributed by atoms with Crippen LogP contribution < -0.4 is 15.1 Å². The summed E-state index contributed by atoms with van der Waals surface area (Å²) < 4.78 is 5.35. The van der Waals surface area contributed by atoms with E-state index < -0.39 is 10.8 Å². The third-order valence-electron chi connectivity index (χ3n) is 4.48. The number of nitrogens with zero attached hydrogens (tertiary/aromatic N) is 3. The van der Waals surface area contributed by atoms with Gasteiger partial charge in [0, 0.05) is 41.5 Å². The fourth-order valence-corrected chi connectivity index (χ4v) is 3.27. The Labute approximate surface area is 173 Å². The molecule has 1 fully saturated rings. The molecule has 152 valence electrons. The van der Waals surface area contributed by atoms with E-state index in [1.807, 2.05) is 0 Å². The lowest BCUT2D eigenvalue weighted by atomic mass is 10.1. The summed E-state index contributed by atoms with van der Waals surface area (Å²) in [6.45, 7) is 1.54. The number of hydrogen-bond donors (Lipinski definition) is 1. The van der Waals surface area contributed by atoms with Crippen molar-refractivity contribution in [2.24, 2.45) is 5.10 Å². The third kappa shape index (κ3) is 5.92. The van der Waals surface area contributed by atoms with E-state index in [0.29, 0.717) is 16.3 Å². The molecule has 1 aliphatic heterocycles. The van der Waals surface area contributed by atoms with Crippen LogP contribution in [0.2, 0.25) is 5.02 Å². The van der Waals surface area contributed by atoms with Crippen LogP contribution in [0.15, 0.2) is 47.6 Å². The minimum Gasteiger partial charge on any atom is -0.484 e. The third-order valence-corrected chi connectivity index (χ3v) is 4.71. The molecule has 3 rings (SSSR count). The number of carbonyl (C=O) groups is 1. The number of carbonyl (C=O) groups excluding carboxylic acids is 1. The topological polar surface area (TPSA) is 97.1 Å². The molecule has 2 aromatic carbocycles. The fraction of sp³-hybridized carbons (Fsp3) is 0.300. The zero-order chi connectivity index (χ0) is 20.6. The van der Waals surface area contributed by atoms with Crippen molar-refractivity contribution in [2.45, 2.75) is 19.3 Å². The van der Waals surface area contributed by atoms with Gasteiger partial charge in [0.2, 0.25) is 0 Å². The first-order valence-electron chi connectivity index (χ1n) is 9.26. The van der Waals surface area contributed by atoms with E-state index in [1.165, 1.54) is 24.8 Å². The highest BCUT2D eigenvalue weighted by Gasteiger charge is 2.17. The first-order chi connectivity index (χ1) is 14.0. The SMILES string of the molecule is O=C(COc1cccc(Cl)c1)N/N=C/c1cc([N+](=O)[O-])ccc1N1CCCCC1. The van der Waals surface area contributed by atoms with Crippen molar-refractivity contribution in [3.63, 3.8) is 0 Å². The number of amides is 1. The van der Waals surface area contributed by atoms with Gasteiger partial charge in [0.25, 0.3) is 11.6 Å². The van der Waals surface area contributed by atoms with Crippen molar-refractivity contribution in [3.8, 4) is 5.75 Å². The van der Waals surface area contributed by atoms with E-state index >= 15 is 0 Å². The number of anilines is 1. The smallest absolute Gasteiger partial charge is 0.277 e. The van der Waals surface area contributed by atoms with Crippen LogP contribution in [0.1, 0.15) is 24.8 Å². The van der Waals surface area contributed by atoms with Crippen molar-refractivity contribution in [1.82, 2.24) is 5.43 Å². The van der Waals surface area contributed by atoms with Gasteiger partial charge in [-0.3, -0.25) is 14.9 Å². The second kappa shape index (κ2) is 9.88. The van der Waals surface area contributed by atoms with Gasteiger partial charge in [-0.2, -0.15) is 5.10 Å². The lowest BCUT2D eigenvalue weighted by molar-refractivity contribution is -0.384. The summed E-state index contributed by atoms with van der Waals surface area (Å²) in [6.07, 6.45) is 4.75. The summed E-state index contributed by atoms with van der Waals surface area (Å²) in [6, 6.07) is 11.4. The lowest BCUT2D eigenvalue weighted by Gasteiger charge is -2.29. The number of non-ortho nitro benzene ring substituents is 1. The zero-order valence-electron chi connectivity index (χ0n) is 15.7. The van der Waals surface area contributed by atoms with Gasteiger partial charge in [0.15, 0.2) is 6.61 Å². The van der Waals surface area contributed by atoms with Gasteiger partial charge >= 0.3 is 0 Å². The molecular weight excluding hydrogens is 396 g/mol. The average molecular weight is 417 g/mol. The van der Waals surface area contributed by atoms with Gasteiger partial charge in [0.05, 0.1) is 11.1 Å². The Bertz CT molecular complexity index is 913. The number of hydrogen-bond acceptors (Lipinski definition) is 6. The summed E-state index contributed by atoms with van der Waals surface area (Å²) in [5.41, 5.74) is 3.80. The van der Waals surface area contributed by atoms with Crippen LogP contribution in [0, 0.1) is 10.1 Å². The normalized spacial score (nSPS) is 14.0. The van der Waals surface area contributed by atoms with Crippen molar-refractivity contribution in [3.05, 3.63) is 63.2 Å². The van der Waals surface area contributed by atoms with Crippen LogP contribution in [0.25, 0.3) is 0 Å². The van der Waals surface area contributed by atoms with Crippen molar-refractivity contribution in [1.29, 1.82) is 0 Å². The predicted octanol–water partition coefficient (Wildman–Crippen LogP) is 3.77. The van der Waals surface area contributed by atoms with Crippen molar-refractivity contribution >= 4 is 35.1 Å². The molecule has 0 bridgehead atoms. The molecule has 0 aliphatic carbocycles. The van der Waals surface area contributed by atoms with Crippen LogP contribution in [0.4, 0.5) is 11.4 Å². The summed E-state index contributed by atoms with van der Waals surface area (Å²) in [5, 5.41) is 15.6. The Morgan fingerprint density at radius 1 is 1.24 bits per heavy atom. The molecule has 1 N–H and O–H groups in total. The number of nitro groups is 1. The van der Waals surface area contributed by atoms with Crippen LogP contribution in [0.5, 0.6) is 5.75 Å². The maximum absolute atomic E-state index is 12.0. The molecule has 29 heavy (non-hydrogen) atoms. The van der Waals surface area contributed by atoms with Crippen LogP contribution >= 0.6 is 11.6 Å². The number of rotatable bonds is 7. The van der Waals surface area contributed by atoms with E-state index in [-0.39, 0.29) is 12.3 Å². The zero-order valence-corrected chi connectivity index (χ0v) is 16.5. The Morgan fingerprint density at radius 3 is 2.76 bits per heavy atom. The molecule has 0 unspecified atom stereocenters. The highest BCUT2D eigenvalue weighted by molar-refractivity contribution is 6.30. The first kappa shape index (κ1) is 20.6. The Kier molecular flexibility index (Phi) is 7.02. The molecule has 1 saturated heterocycles. The van der Waals surface area contributed by atoms with Gasteiger partial charge in [-0.25, -0.2) is 5.43 Å². The molecule has 1 aliphatic rings. The summed E-state index contributed by atoms with van der Waals surface area (Å²) in [5.74, 6) is 0.0221. The minimum atomic E-state index is -0.453. The molecule has 1 heterocycles. The molecule has 8 nitrogen and oxygen atoms in total. The fourth-order valence-electron chi connectivity index (χ4n) is 3.09. The number of nitro benzene ring substituents is 1. The number of nitrogens with one attached hydrogen (secondary N) is 1. The molecule has 1 amide bonds. The minimum absolute atomic E-state index is 0.0252. The number of piperidine rings is 1. The maximum Gasteiger partial charge on any atom is 0.277 e. The predicted molar refractivity (Wildman–Crippen MR) is 112 cm³/mol. The van der Waals surface area contributed by atoms with Gasteiger partial charge in [-0.05, 0) is 43.5 Å². The summed E-state index contributed by atoms with van der Waals surface area (Å²) >= 11 is 5.87. The quantitative estimate of drug-likeness (QED) is 0.421. The molecule has 0 atom stereocenters. The van der Waals surface area contributed by atoms with E-state index in [1.54, 1.807) is 30.3 Å². The van der Waals surface area contributed by atoms with Gasteiger partial charge in [-0.1, -0.05) is 17.7 Å². The standard InChI is InChI=1S/C20H21ClN4O4/c21-16-5-4-6-18(12-16)29-14-20(26)23-22-13-15-11-17(25(27)28)7-8-19(15)24-9-2-1-3-10-24/h4-8,11-13H,1-3,9-10,14H2,(H,23,26)/b22-13+. The molecule has 0 saturated carbocycles. The number of ether oxygens (including phenoxy) is 1. The highest BCUT2D eigenvalue weighted by Crippen LogP contribution is 2.27. The molecular formula is C20H21ClN4O4. The molecule has 0 radical (unpaired) electrons. The Hall–Kier alpha value is -3.13. The van der Waals surface area contributed by atoms with Crippen molar-refractivity contribution < 1.29 is 14.5 Å². The van der Waals surface area contributed by atoms with Crippen LogP contribution in [-0.2, 0) is 4.79 Å². The average Bonchev–Trinajstić information content (AvgIpc) is 2.73. The van der Waals surface area contributed by atoms with Crippen molar-refractivity contribution in [2.75, 3.05) is 24.6 Å². The number of hydrazone groups is 1. The largest absolute Gasteiger partial charge is 0.484 e. The summed E-state index contributed by atoms with van der Waals surface area (Å²) in [7, 11) is 0. The lowest BCUT2D eigenvalue weighted by Crippen LogP contribution is -2.30. The summed E-state index contributed by atoms with van der Waals surface area (Å²) in [4.78, 5) is 24.8. The van der Waals surface area contributed by atoms with Crippen LogP contribution in [-0.4, -0.2) is 36.7 Å². The van der Waals surface area contributed by atoms with Gasteiger partial charge in [-0.15, -0.1) is 0 Å². The highest BCUT2D eigenvalue weighted by atomic mass is 35.5. The Morgan fingerprint density at radius 2 is 2.03 bits per heavy atom. The molecule has 9 heteroatoms. The van der Waals surface area contributed by atoms with Gasteiger partial charge in [0.1, 0.15) is 5.75 Å². The molecule has 2 aromatic rings. The number of halogens is 1. The first-order valence-corrected chi connectivity index (χ1v) is 9.64. The van der Waals surface area contributed by atoms with E-state index in [4.69, 9.17) is 16.3 Å². The van der Waals surface area contributed by atoms with Crippen LogP contribution in [0.3, 0.4) is 0 Å². The maximum atomic E-state index is 12.0. The Balaban J connectivity index is 1.65. The van der Waals surface area contributed by atoms with E-state index in [2.05, 4.69) is 15.4 Å². The van der Waals surface area contributed by atoms with Gasteiger partial charge < -0.3 is 9.64 Å². The second-order valence-electron chi connectivity index (χ2n) is 6.59. The monoisotopic (exact) mass is 416 g/mol. The second-order valence-corrected chi connectivity index (χ2v) is 7.02. The van der Waals surface area contributed by atoms with E-state index in [9.17, 15) is 14.9 Å². The molecule has 0 spiro atoms. The number of benzene rings is 2. The van der Waals surface area contributed by atoms with E-state index in [0.717, 1.165) is 31.6 Å².